The monoisotopic (exact) mass is 723 g/mol. The summed E-state index contributed by atoms with van der Waals surface area (Å²) >= 11 is 0. The SMILES string of the molecule is Cc1cc2c3c(c1)B(c1c(C)c(C)c(C)c(C)c1C)c1cc(-c4ccccc4)ccc1N3c1ccc(-c3ccccc3)cc1B2c1c(C)c(C)c(C)c(C)c1C. The molecule has 0 radical (unpaired) electrons. The van der Waals surface area contributed by atoms with Crippen LogP contribution in [0.5, 0.6) is 0 Å². The Labute approximate surface area is 335 Å². The number of benzene rings is 7. The summed E-state index contributed by atoms with van der Waals surface area (Å²) < 4.78 is 0. The molecule has 0 bridgehead atoms. The lowest BCUT2D eigenvalue weighted by Crippen LogP contribution is -2.66. The number of hydrogen-bond acceptors (Lipinski definition) is 1. The number of fused-ring (bicyclic) bond motifs is 4. The maximum atomic E-state index is 2.64. The van der Waals surface area contributed by atoms with Gasteiger partial charge in [0.2, 0.25) is 13.4 Å². The highest BCUT2D eigenvalue weighted by Crippen LogP contribution is 2.40. The second kappa shape index (κ2) is 13.3. The summed E-state index contributed by atoms with van der Waals surface area (Å²) in [5, 5.41) is 0. The van der Waals surface area contributed by atoms with Gasteiger partial charge in [0.25, 0.3) is 0 Å². The van der Waals surface area contributed by atoms with E-state index < -0.39 is 0 Å². The minimum Gasteiger partial charge on any atom is -0.313 e. The number of aryl methyl sites for hydroxylation is 1. The molecule has 7 aromatic carbocycles. The van der Waals surface area contributed by atoms with Gasteiger partial charge in [-0.05, 0) is 166 Å². The lowest BCUT2D eigenvalue weighted by atomic mass is 9.29. The van der Waals surface area contributed by atoms with Crippen molar-refractivity contribution < 1.29 is 0 Å². The fraction of sp³-hybridized carbons (Fsp3) is 0.208. The average Bonchev–Trinajstić information content (AvgIpc) is 3.22. The van der Waals surface area contributed by atoms with Crippen molar-refractivity contribution in [1.29, 1.82) is 0 Å². The molecule has 1 nitrogen and oxygen atoms in total. The molecule has 0 atom stereocenters. The minimum absolute atomic E-state index is 0.0750. The van der Waals surface area contributed by atoms with Crippen LogP contribution in [0.3, 0.4) is 0 Å². The lowest BCUT2D eigenvalue weighted by molar-refractivity contribution is 1.19. The van der Waals surface area contributed by atoms with Gasteiger partial charge in [-0.1, -0.05) is 136 Å². The Morgan fingerprint density at radius 3 is 1.02 bits per heavy atom. The first-order valence-electron chi connectivity index (χ1n) is 20.4. The summed E-state index contributed by atoms with van der Waals surface area (Å²) in [4.78, 5) is 2.64. The van der Waals surface area contributed by atoms with E-state index in [1.807, 2.05) is 0 Å². The molecule has 0 saturated carbocycles. The van der Waals surface area contributed by atoms with Crippen LogP contribution >= 0.6 is 0 Å². The van der Waals surface area contributed by atoms with Gasteiger partial charge in [-0.25, -0.2) is 0 Å². The van der Waals surface area contributed by atoms with Gasteiger partial charge in [0, 0.05) is 17.1 Å². The van der Waals surface area contributed by atoms with Gasteiger partial charge in [0.05, 0.1) is 0 Å². The molecule has 0 N–H and O–H groups in total. The van der Waals surface area contributed by atoms with Crippen molar-refractivity contribution in [1.82, 2.24) is 0 Å². The molecule has 2 aliphatic heterocycles. The van der Waals surface area contributed by atoms with Crippen molar-refractivity contribution in [2.75, 3.05) is 4.90 Å². The third-order valence-electron chi connectivity index (χ3n) is 14.2. The predicted octanol–water partition coefficient (Wildman–Crippen LogP) is 9.54. The highest BCUT2D eigenvalue weighted by atomic mass is 15.2. The van der Waals surface area contributed by atoms with Crippen LogP contribution in [0, 0.1) is 76.2 Å². The molecule has 0 aromatic heterocycles. The van der Waals surface area contributed by atoms with Gasteiger partial charge >= 0.3 is 0 Å². The normalized spacial score (nSPS) is 12.8. The zero-order chi connectivity index (χ0) is 39.3. The number of anilines is 3. The first kappa shape index (κ1) is 36.1. The van der Waals surface area contributed by atoms with Crippen LogP contribution in [0.4, 0.5) is 17.1 Å². The highest BCUT2D eigenvalue weighted by Gasteiger charge is 2.45. The van der Waals surface area contributed by atoms with Gasteiger partial charge in [-0.3, -0.25) is 0 Å². The Morgan fingerprint density at radius 1 is 0.321 bits per heavy atom. The summed E-state index contributed by atoms with van der Waals surface area (Å²) in [7, 11) is 0. The van der Waals surface area contributed by atoms with Crippen molar-refractivity contribution in [3.8, 4) is 22.3 Å². The van der Waals surface area contributed by atoms with Crippen molar-refractivity contribution >= 4 is 63.3 Å². The van der Waals surface area contributed by atoms with Gasteiger partial charge in [0.1, 0.15) is 0 Å². The first-order valence-corrected chi connectivity index (χ1v) is 20.4. The molecular formula is C53H51B2N. The van der Waals surface area contributed by atoms with E-state index in [1.54, 1.807) is 0 Å². The van der Waals surface area contributed by atoms with E-state index in [-0.39, 0.29) is 13.4 Å². The van der Waals surface area contributed by atoms with Gasteiger partial charge in [-0.2, -0.15) is 0 Å². The number of hydrogen-bond donors (Lipinski definition) is 0. The average molecular weight is 724 g/mol. The van der Waals surface area contributed by atoms with Gasteiger partial charge in [-0.15, -0.1) is 0 Å². The molecular weight excluding hydrogens is 672 g/mol. The third kappa shape index (κ3) is 5.23. The Hall–Kier alpha value is -5.53. The molecule has 3 heteroatoms. The fourth-order valence-electron chi connectivity index (χ4n) is 10.4. The van der Waals surface area contributed by atoms with E-state index in [4.69, 9.17) is 0 Å². The number of rotatable bonds is 4. The van der Waals surface area contributed by atoms with E-state index in [1.165, 1.54) is 133 Å². The Kier molecular flexibility index (Phi) is 8.58. The second-order valence-electron chi connectivity index (χ2n) is 16.9. The highest BCUT2D eigenvalue weighted by molar-refractivity contribution is 7.02. The van der Waals surface area contributed by atoms with Crippen LogP contribution in [0.25, 0.3) is 22.3 Å². The maximum absolute atomic E-state index is 2.64. The van der Waals surface area contributed by atoms with Crippen LogP contribution in [0.2, 0.25) is 0 Å². The van der Waals surface area contributed by atoms with E-state index in [0.717, 1.165) is 0 Å². The number of nitrogens with zero attached hydrogens (tertiary/aromatic N) is 1. The van der Waals surface area contributed by atoms with Crippen molar-refractivity contribution in [3.63, 3.8) is 0 Å². The van der Waals surface area contributed by atoms with E-state index in [9.17, 15) is 0 Å². The zero-order valence-corrected chi connectivity index (χ0v) is 35.0. The molecule has 2 aliphatic rings. The Morgan fingerprint density at radius 2 is 0.661 bits per heavy atom. The van der Waals surface area contributed by atoms with Crippen LogP contribution in [0.1, 0.15) is 61.2 Å². The molecule has 0 spiro atoms. The molecule has 274 valence electrons. The fourth-order valence-corrected chi connectivity index (χ4v) is 10.4. The lowest BCUT2D eigenvalue weighted by Gasteiger charge is -2.45. The molecule has 56 heavy (non-hydrogen) atoms. The topological polar surface area (TPSA) is 3.24 Å². The largest absolute Gasteiger partial charge is 0.313 e. The molecule has 0 amide bonds. The summed E-state index contributed by atoms with van der Waals surface area (Å²) in [5.74, 6) is 0. The quantitative estimate of drug-likeness (QED) is 0.164. The maximum Gasteiger partial charge on any atom is 0.247 e. The molecule has 0 fully saturated rings. The minimum atomic E-state index is 0.0750. The second-order valence-corrected chi connectivity index (χ2v) is 16.9. The summed E-state index contributed by atoms with van der Waals surface area (Å²) in [6.07, 6.45) is 0. The van der Waals surface area contributed by atoms with Crippen molar-refractivity contribution in [2.45, 2.75) is 76.2 Å². The third-order valence-corrected chi connectivity index (χ3v) is 14.2. The van der Waals surface area contributed by atoms with Crippen LogP contribution in [-0.4, -0.2) is 13.4 Å². The molecule has 7 aromatic rings. The van der Waals surface area contributed by atoms with Crippen LogP contribution < -0.4 is 37.7 Å². The van der Waals surface area contributed by atoms with E-state index in [2.05, 4.69) is 190 Å². The van der Waals surface area contributed by atoms with Crippen molar-refractivity contribution in [2.24, 2.45) is 0 Å². The molecule has 0 aliphatic carbocycles. The van der Waals surface area contributed by atoms with E-state index >= 15 is 0 Å². The smallest absolute Gasteiger partial charge is 0.247 e. The summed E-state index contributed by atoms with van der Waals surface area (Å²) in [6.45, 7) is 25.8. The molecule has 2 heterocycles. The summed E-state index contributed by atoms with van der Waals surface area (Å²) in [5.41, 5.74) is 32.8. The molecule has 0 saturated heterocycles. The Balaban J connectivity index is 1.43. The molecule has 9 rings (SSSR count). The first-order chi connectivity index (χ1) is 26.9. The standard InChI is InChI=1S/C53H51B2N/c1-30-26-47-53-48(27-30)55(52-39(10)35(6)32(3)36(7)40(52)11)46-29-44(42-20-16-13-17-21-42)23-25-50(46)56(53)49-24-22-43(41-18-14-12-15-19-41)28-45(49)54(47)51-37(8)33(4)31(2)34(5)38(51)9/h12-29H,1-11H3. The van der Waals surface area contributed by atoms with Crippen molar-refractivity contribution in [3.05, 3.63) is 170 Å². The van der Waals surface area contributed by atoms with Gasteiger partial charge < -0.3 is 4.90 Å². The zero-order valence-electron chi connectivity index (χ0n) is 35.0. The molecule has 0 unspecified atom stereocenters. The predicted molar refractivity (Wildman–Crippen MR) is 246 cm³/mol. The summed E-state index contributed by atoms with van der Waals surface area (Å²) in [6, 6.07) is 41.4. The Bertz CT molecular complexity index is 2520. The van der Waals surface area contributed by atoms with Crippen LogP contribution in [0.15, 0.2) is 109 Å². The van der Waals surface area contributed by atoms with E-state index in [0.29, 0.717) is 0 Å². The van der Waals surface area contributed by atoms with Gasteiger partial charge in [0.15, 0.2) is 0 Å². The van der Waals surface area contributed by atoms with Crippen LogP contribution in [-0.2, 0) is 0 Å².